The first-order valence-electron chi connectivity index (χ1n) is 14.0. The van der Waals surface area contributed by atoms with Crippen LogP contribution in [0.3, 0.4) is 0 Å². The van der Waals surface area contributed by atoms with Gasteiger partial charge in [-0.25, -0.2) is 4.57 Å². The fourth-order valence-electron chi connectivity index (χ4n) is 5.18. The molecule has 1 aromatic heterocycles. The minimum Gasteiger partial charge on any atom is -0.872 e. The molecule has 1 amide bonds. The van der Waals surface area contributed by atoms with Crippen LogP contribution in [0, 0.1) is 0 Å². The highest BCUT2D eigenvalue weighted by molar-refractivity contribution is 6.46. The maximum atomic E-state index is 13.9. The molecule has 1 saturated heterocycles. The van der Waals surface area contributed by atoms with Crippen LogP contribution < -0.4 is 28.6 Å². The number of aromatic amines is 1. The van der Waals surface area contributed by atoms with E-state index >= 15 is 0 Å². The number of likely N-dealkylation sites (tertiary alicyclic amines) is 1. The van der Waals surface area contributed by atoms with E-state index in [4.69, 9.17) is 18.9 Å². The van der Waals surface area contributed by atoms with Crippen LogP contribution in [0.4, 0.5) is 0 Å². The number of H-pyrrole nitrogens is 1. The quantitative estimate of drug-likeness (QED) is 0.119. The molecule has 2 aromatic carbocycles. The van der Waals surface area contributed by atoms with Gasteiger partial charge < -0.3 is 29.0 Å². The second-order valence-corrected chi connectivity index (χ2v) is 10.0. The summed E-state index contributed by atoms with van der Waals surface area (Å²) in [5.41, 5.74) is 0.750. The number of ether oxygens (including phenoxy) is 4. The summed E-state index contributed by atoms with van der Waals surface area (Å²) >= 11 is 0. The van der Waals surface area contributed by atoms with Crippen LogP contribution in [0.1, 0.15) is 49.8 Å². The molecule has 1 unspecified atom stereocenters. The number of benzene rings is 2. The highest BCUT2D eigenvalue weighted by Crippen LogP contribution is 2.42. The summed E-state index contributed by atoms with van der Waals surface area (Å²) in [5, 5.41) is 13.9. The molecule has 0 bridgehead atoms. The molecule has 1 fully saturated rings. The number of methoxy groups -OCH3 is 1. The minimum absolute atomic E-state index is 0.0976. The molecule has 0 aliphatic carbocycles. The smallest absolute Gasteiger partial charge is 0.295 e. The third-order valence-corrected chi connectivity index (χ3v) is 7.26. The van der Waals surface area contributed by atoms with Gasteiger partial charge in [-0.3, -0.25) is 14.6 Å². The Morgan fingerprint density at radius 2 is 1.90 bits per heavy atom. The van der Waals surface area contributed by atoms with Crippen molar-refractivity contribution in [2.24, 2.45) is 0 Å². The molecule has 1 N–H and O–H groups in total. The Kier molecular flexibility index (Phi) is 8.76. The Bertz CT molecular complexity index is 1420. The number of Topliss-reactive ketones (excluding diaryl/α,β-unsaturated/α-hetero) is 1. The van der Waals surface area contributed by atoms with Gasteiger partial charge in [-0.2, -0.15) is 0 Å². The van der Waals surface area contributed by atoms with E-state index in [0.29, 0.717) is 61.3 Å². The zero-order valence-electron chi connectivity index (χ0n) is 23.4. The highest BCUT2D eigenvalue weighted by atomic mass is 16.6. The topological polar surface area (TPSA) is 117 Å². The SMILES string of the molecule is CCCCCOc1ccc(C2/C(=C(\[O-])c3ccc4c(c3)OCCO4)C(=O)C(=O)N2CCC[n+]2cc[nH]c2)cc1OC. The van der Waals surface area contributed by atoms with Gasteiger partial charge >= 0.3 is 0 Å². The van der Waals surface area contributed by atoms with Crippen LogP contribution >= 0.6 is 0 Å². The summed E-state index contributed by atoms with van der Waals surface area (Å²) in [6.45, 7) is 4.37. The summed E-state index contributed by atoms with van der Waals surface area (Å²) in [6, 6.07) is 9.24. The number of unbranched alkanes of at least 4 members (excludes halogenated alkanes) is 2. The number of aryl methyl sites for hydroxylation is 1. The molecule has 10 nitrogen and oxygen atoms in total. The van der Waals surface area contributed by atoms with E-state index in [9.17, 15) is 14.7 Å². The molecule has 0 radical (unpaired) electrons. The van der Waals surface area contributed by atoms with Gasteiger partial charge in [0.05, 0.1) is 26.3 Å². The van der Waals surface area contributed by atoms with E-state index in [1.165, 1.54) is 4.90 Å². The lowest BCUT2D eigenvalue weighted by Gasteiger charge is -2.28. The maximum absolute atomic E-state index is 13.9. The van der Waals surface area contributed by atoms with E-state index in [-0.39, 0.29) is 17.7 Å². The van der Waals surface area contributed by atoms with Crippen LogP contribution in [0.2, 0.25) is 0 Å². The first-order chi connectivity index (χ1) is 20.0. The van der Waals surface area contributed by atoms with Crippen molar-refractivity contribution in [2.45, 2.75) is 45.2 Å². The lowest BCUT2D eigenvalue weighted by atomic mass is 9.94. The van der Waals surface area contributed by atoms with E-state index in [0.717, 1.165) is 19.3 Å². The van der Waals surface area contributed by atoms with Gasteiger partial charge in [-0.1, -0.05) is 37.7 Å². The molecule has 216 valence electrons. The Hall–Kier alpha value is -4.47. The zero-order chi connectivity index (χ0) is 28.8. The summed E-state index contributed by atoms with van der Waals surface area (Å²) in [6.07, 6.45) is 9.16. The van der Waals surface area contributed by atoms with E-state index in [1.807, 2.05) is 23.3 Å². The second-order valence-electron chi connectivity index (χ2n) is 10.0. The van der Waals surface area contributed by atoms with Gasteiger partial charge in [0.2, 0.25) is 12.1 Å². The van der Waals surface area contributed by atoms with Crippen molar-refractivity contribution in [3.05, 3.63) is 71.8 Å². The van der Waals surface area contributed by atoms with Gasteiger partial charge in [0.25, 0.3) is 5.91 Å². The highest BCUT2D eigenvalue weighted by Gasteiger charge is 2.44. The monoisotopic (exact) mass is 561 g/mol. The first kappa shape index (κ1) is 28.1. The van der Waals surface area contributed by atoms with Crippen LogP contribution in [-0.4, -0.2) is 55.0 Å². The van der Waals surface area contributed by atoms with Gasteiger partial charge in [0.15, 0.2) is 23.0 Å². The predicted molar refractivity (Wildman–Crippen MR) is 147 cm³/mol. The van der Waals surface area contributed by atoms with E-state index in [2.05, 4.69) is 11.9 Å². The van der Waals surface area contributed by atoms with Crippen molar-refractivity contribution in [2.75, 3.05) is 33.5 Å². The molecule has 0 saturated carbocycles. The molecule has 1 atom stereocenters. The number of hydrogen-bond acceptors (Lipinski definition) is 7. The zero-order valence-corrected chi connectivity index (χ0v) is 23.4. The molecular formula is C31H35N3O7. The maximum Gasteiger partial charge on any atom is 0.295 e. The molecule has 0 spiro atoms. The number of rotatable bonds is 12. The van der Waals surface area contributed by atoms with Crippen molar-refractivity contribution in [3.63, 3.8) is 0 Å². The summed E-state index contributed by atoms with van der Waals surface area (Å²) in [7, 11) is 1.54. The lowest BCUT2D eigenvalue weighted by molar-refractivity contribution is -0.695. The number of hydrogen-bond donors (Lipinski definition) is 1. The van der Waals surface area contributed by atoms with Crippen molar-refractivity contribution < 1.29 is 38.2 Å². The van der Waals surface area contributed by atoms with Crippen molar-refractivity contribution in [3.8, 4) is 23.0 Å². The number of nitrogens with one attached hydrogen (secondary N) is 1. The predicted octanol–water partition coefficient (Wildman–Crippen LogP) is 2.97. The van der Waals surface area contributed by atoms with Gasteiger partial charge in [0.1, 0.15) is 25.6 Å². The average Bonchev–Trinajstić information content (AvgIpc) is 3.61. The molecule has 41 heavy (non-hydrogen) atoms. The Morgan fingerprint density at radius 3 is 2.66 bits per heavy atom. The standard InChI is InChI=1S/C31H35N3O7/c1-3-4-5-15-39-23-9-7-21(18-25(23)38-2)28-27(29(35)22-8-10-24-26(19-22)41-17-16-40-24)30(36)31(37)34(28)13-6-12-33-14-11-32-20-33/h7-11,14,18-20,28H,3-6,12-13,15-17H2,1-2H3,(H,35,36). The fraction of sp³-hybridized carbons (Fsp3) is 0.387. The van der Waals surface area contributed by atoms with Crippen molar-refractivity contribution in [1.82, 2.24) is 9.88 Å². The number of fused-ring (bicyclic) bond motifs is 1. The normalized spacial score (nSPS) is 17.6. The number of imidazole rings is 1. The summed E-state index contributed by atoms with van der Waals surface area (Å²) in [4.78, 5) is 31.3. The summed E-state index contributed by atoms with van der Waals surface area (Å²) in [5.74, 6) is -0.0181. The van der Waals surface area contributed by atoms with Crippen LogP contribution in [-0.2, 0) is 16.1 Å². The van der Waals surface area contributed by atoms with Gasteiger partial charge in [-0.15, -0.1) is 0 Å². The van der Waals surface area contributed by atoms with Gasteiger partial charge in [-0.05, 0) is 41.8 Å². The third kappa shape index (κ3) is 6.01. The number of carbonyl (C=O) groups excluding carboxylic acids is 2. The minimum atomic E-state index is -0.880. The molecule has 3 aromatic rings. The van der Waals surface area contributed by atoms with E-state index < -0.39 is 23.5 Å². The van der Waals surface area contributed by atoms with E-state index in [1.54, 1.807) is 43.5 Å². The Morgan fingerprint density at radius 1 is 1.07 bits per heavy atom. The number of aromatic nitrogens is 2. The molecule has 5 rings (SSSR count). The second kappa shape index (κ2) is 12.8. The van der Waals surface area contributed by atoms with Crippen molar-refractivity contribution in [1.29, 1.82) is 0 Å². The first-order valence-corrected chi connectivity index (χ1v) is 14.0. The van der Waals surface area contributed by atoms with Gasteiger partial charge in [0, 0.05) is 18.5 Å². The Balaban J connectivity index is 1.51. The van der Waals surface area contributed by atoms with Crippen LogP contribution in [0.15, 0.2) is 60.7 Å². The third-order valence-electron chi connectivity index (χ3n) is 7.26. The lowest BCUT2D eigenvalue weighted by Crippen LogP contribution is -2.36. The Labute approximate surface area is 239 Å². The molecule has 2 aliphatic rings. The molecule has 10 heteroatoms. The molecule has 2 aliphatic heterocycles. The molecular weight excluding hydrogens is 526 g/mol. The van der Waals surface area contributed by atoms with Crippen LogP contribution in [0.25, 0.3) is 5.76 Å². The molecule has 3 heterocycles. The van der Waals surface area contributed by atoms with Crippen LogP contribution in [0.5, 0.6) is 23.0 Å². The number of ketones is 1. The number of amides is 1. The average molecular weight is 562 g/mol. The fourth-order valence-corrected chi connectivity index (χ4v) is 5.18. The number of nitrogens with zero attached hydrogens (tertiary/aromatic N) is 2. The van der Waals surface area contributed by atoms with Crippen molar-refractivity contribution >= 4 is 17.4 Å². The summed E-state index contributed by atoms with van der Waals surface area (Å²) < 4.78 is 24.7. The number of carbonyl (C=O) groups is 2. The largest absolute Gasteiger partial charge is 0.872 e.